The predicted molar refractivity (Wildman–Crippen MR) is 200 cm³/mol. The van der Waals surface area contributed by atoms with E-state index in [1.54, 1.807) is 0 Å². The van der Waals surface area contributed by atoms with Crippen LogP contribution in [0.2, 0.25) is 0 Å². The minimum atomic E-state index is -0.878. The van der Waals surface area contributed by atoms with Crippen LogP contribution in [0.4, 0.5) is 0 Å². The van der Waals surface area contributed by atoms with Gasteiger partial charge < -0.3 is 9.84 Å². The van der Waals surface area contributed by atoms with Gasteiger partial charge in [-0.05, 0) is 51.4 Å². The summed E-state index contributed by atoms with van der Waals surface area (Å²) in [6.45, 7) is 4.52. The first-order valence-electron chi connectivity index (χ1n) is 20.3. The summed E-state index contributed by atoms with van der Waals surface area (Å²) in [6, 6.07) is 0. The van der Waals surface area contributed by atoms with Crippen molar-refractivity contribution in [1.29, 1.82) is 0 Å². The second-order valence-electron chi connectivity index (χ2n) is 13.8. The van der Waals surface area contributed by atoms with Crippen molar-refractivity contribution in [3.8, 4) is 0 Å². The number of aliphatic carboxylic acids is 1. The van der Waals surface area contributed by atoms with Crippen molar-refractivity contribution in [2.24, 2.45) is 0 Å². The molecule has 1 atom stereocenters. The summed E-state index contributed by atoms with van der Waals surface area (Å²) in [4.78, 5) is 23.6. The van der Waals surface area contributed by atoms with Crippen LogP contribution in [0.5, 0.6) is 0 Å². The molecule has 0 amide bonds. The van der Waals surface area contributed by atoms with E-state index >= 15 is 0 Å². The number of hydrogen-bond acceptors (Lipinski definition) is 3. The number of unbranched alkanes of at least 4 members (excludes halogenated alkanes) is 26. The van der Waals surface area contributed by atoms with Crippen molar-refractivity contribution in [2.45, 2.75) is 232 Å². The Balaban J connectivity index is 3.59. The Labute approximate surface area is 287 Å². The second kappa shape index (κ2) is 37.9. The first kappa shape index (κ1) is 44.4. The van der Waals surface area contributed by atoms with E-state index in [2.05, 4.69) is 38.2 Å². The molecule has 0 aromatic heterocycles. The molecule has 270 valence electrons. The summed E-state index contributed by atoms with van der Waals surface area (Å²) in [7, 11) is 0. The fourth-order valence-corrected chi connectivity index (χ4v) is 6.17. The normalized spacial score (nSPS) is 12.4. The third-order valence-electron chi connectivity index (χ3n) is 9.16. The van der Waals surface area contributed by atoms with Gasteiger partial charge in [-0.1, -0.05) is 186 Å². The van der Waals surface area contributed by atoms with E-state index in [9.17, 15) is 14.7 Å². The quantitative estimate of drug-likeness (QED) is 0.0414. The van der Waals surface area contributed by atoms with Crippen LogP contribution in [0.3, 0.4) is 0 Å². The van der Waals surface area contributed by atoms with Gasteiger partial charge in [0.15, 0.2) is 0 Å². The zero-order valence-corrected chi connectivity index (χ0v) is 30.9. The molecular weight excluding hydrogens is 568 g/mol. The molecule has 0 bridgehead atoms. The van der Waals surface area contributed by atoms with Gasteiger partial charge in [-0.3, -0.25) is 9.59 Å². The molecule has 0 radical (unpaired) electrons. The standard InChI is InChI=1S/C42H78O4/c1-3-5-7-9-11-13-15-17-18-19-20-21-22-23-24-26-28-30-32-34-36-38-42(45)46-40(39-41(43)44)37-35-33-31-29-27-25-16-14-12-10-8-6-4-2/h11,13,17-18,40H,3-10,12,14-16,19-39H2,1-2H3,(H,43,44)/b13-11-,18-17-. The molecule has 0 aliphatic rings. The number of esters is 1. The van der Waals surface area contributed by atoms with Gasteiger partial charge in [0.25, 0.3) is 0 Å². The third-order valence-corrected chi connectivity index (χ3v) is 9.16. The lowest BCUT2D eigenvalue weighted by atomic mass is 10.0. The predicted octanol–water partition coefficient (Wildman–Crippen LogP) is 14.0. The van der Waals surface area contributed by atoms with Gasteiger partial charge in [0.2, 0.25) is 0 Å². The maximum Gasteiger partial charge on any atom is 0.307 e. The van der Waals surface area contributed by atoms with Crippen LogP contribution in [0, 0.1) is 0 Å². The van der Waals surface area contributed by atoms with Crippen molar-refractivity contribution in [1.82, 2.24) is 0 Å². The average Bonchev–Trinajstić information content (AvgIpc) is 3.03. The van der Waals surface area contributed by atoms with Crippen LogP contribution in [0.1, 0.15) is 226 Å². The number of allylic oxidation sites excluding steroid dienone is 4. The fraction of sp³-hybridized carbons (Fsp3) is 0.857. The monoisotopic (exact) mass is 647 g/mol. The SMILES string of the molecule is CCCCC/C=C\C/C=C\CCCCCCCCCCCCCC(=O)OC(CCCCCCCCCCCCCCC)CC(=O)O. The molecule has 0 fully saturated rings. The lowest BCUT2D eigenvalue weighted by Crippen LogP contribution is -2.21. The molecule has 0 saturated heterocycles. The lowest BCUT2D eigenvalue weighted by molar-refractivity contribution is -0.153. The molecule has 0 heterocycles. The Bertz CT molecular complexity index is 698. The van der Waals surface area contributed by atoms with E-state index in [-0.39, 0.29) is 12.4 Å². The largest absolute Gasteiger partial charge is 0.481 e. The molecule has 1 N–H and O–H groups in total. The first-order chi connectivity index (χ1) is 22.6. The fourth-order valence-electron chi connectivity index (χ4n) is 6.17. The summed E-state index contributed by atoms with van der Waals surface area (Å²) in [6.07, 6.45) is 47.8. The zero-order valence-electron chi connectivity index (χ0n) is 30.9. The molecule has 4 heteroatoms. The Morgan fingerprint density at radius 1 is 0.500 bits per heavy atom. The van der Waals surface area contributed by atoms with Crippen LogP contribution in [-0.2, 0) is 14.3 Å². The second-order valence-corrected chi connectivity index (χ2v) is 13.8. The molecule has 0 spiro atoms. The third kappa shape index (κ3) is 36.9. The molecule has 46 heavy (non-hydrogen) atoms. The molecule has 1 unspecified atom stereocenters. The van der Waals surface area contributed by atoms with Crippen molar-refractivity contribution in [2.75, 3.05) is 0 Å². The van der Waals surface area contributed by atoms with E-state index in [1.807, 2.05) is 0 Å². The average molecular weight is 647 g/mol. The van der Waals surface area contributed by atoms with Gasteiger partial charge >= 0.3 is 11.9 Å². The molecule has 0 aromatic carbocycles. The molecule has 0 saturated carbocycles. The number of carbonyl (C=O) groups is 2. The van der Waals surface area contributed by atoms with Crippen molar-refractivity contribution in [3.63, 3.8) is 0 Å². The van der Waals surface area contributed by atoms with Crippen LogP contribution in [-0.4, -0.2) is 23.1 Å². The van der Waals surface area contributed by atoms with Crippen LogP contribution >= 0.6 is 0 Å². The Morgan fingerprint density at radius 3 is 1.33 bits per heavy atom. The topological polar surface area (TPSA) is 63.6 Å². The Kier molecular flexibility index (Phi) is 36.6. The number of carboxylic acids is 1. The van der Waals surface area contributed by atoms with Gasteiger partial charge in [0, 0.05) is 6.42 Å². The van der Waals surface area contributed by atoms with Crippen molar-refractivity contribution >= 4 is 11.9 Å². The van der Waals surface area contributed by atoms with Gasteiger partial charge in [0.1, 0.15) is 6.10 Å². The summed E-state index contributed by atoms with van der Waals surface area (Å²) in [5.41, 5.74) is 0. The van der Waals surface area contributed by atoms with Crippen molar-refractivity contribution in [3.05, 3.63) is 24.3 Å². The molecule has 0 aliphatic heterocycles. The van der Waals surface area contributed by atoms with E-state index in [1.165, 1.54) is 161 Å². The van der Waals surface area contributed by atoms with E-state index < -0.39 is 12.1 Å². The number of carbonyl (C=O) groups excluding carboxylic acids is 1. The number of carboxylic acid groups (broad SMARTS) is 1. The maximum absolute atomic E-state index is 12.3. The summed E-state index contributed by atoms with van der Waals surface area (Å²) < 4.78 is 5.59. The molecule has 4 nitrogen and oxygen atoms in total. The highest BCUT2D eigenvalue weighted by Gasteiger charge is 2.17. The molecule has 0 aromatic rings. The van der Waals surface area contributed by atoms with E-state index in [4.69, 9.17) is 4.74 Å². The van der Waals surface area contributed by atoms with Gasteiger partial charge in [-0.2, -0.15) is 0 Å². The summed E-state index contributed by atoms with van der Waals surface area (Å²) >= 11 is 0. The molecule has 0 aliphatic carbocycles. The van der Waals surface area contributed by atoms with Gasteiger partial charge in [-0.25, -0.2) is 0 Å². The Hall–Kier alpha value is -1.58. The summed E-state index contributed by atoms with van der Waals surface area (Å²) in [5.74, 6) is -1.09. The van der Waals surface area contributed by atoms with Crippen LogP contribution < -0.4 is 0 Å². The maximum atomic E-state index is 12.3. The summed E-state index contributed by atoms with van der Waals surface area (Å²) in [5, 5.41) is 9.26. The smallest absolute Gasteiger partial charge is 0.307 e. The van der Waals surface area contributed by atoms with Gasteiger partial charge in [0.05, 0.1) is 6.42 Å². The minimum Gasteiger partial charge on any atom is -0.481 e. The minimum absolute atomic E-state index is 0.0713. The molecular formula is C42H78O4. The number of ether oxygens (including phenoxy) is 1. The van der Waals surface area contributed by atoms with Crippen molar-refractivity contribution < 1.29 is 19.4 Å². The zero-order chi connectivity index (χ0) is 33.6. The highest BCUT2D eigenvalue weighted by atomic mass is 16.5. The lowest BCUT2D eigenvalue weighted by Gasteiger charge is -2.16. The number of hydrogen-bond donors (Lipinski definition) is 1. The first-order valence-corrected chi connectivity index (χ1v) is 20.3. The van der Waals surface area contributed by atoms with Gasteiger partial charge in [-0.15, -0.1) is 0 Å². The van der Waals surface area contributed by atoms with E-state index in [0.29, 0.717) is 12.8 Å². The number of rotatable bonds is 37. The highest BCUT2D eigenvalue weighted by Crippen LogP contribution is 2.17. The highest BCUT2D eigenvalue weighted by molar-refractivity contribution is 5.71. The molecule has 0 rings (SSSR count). The van der Waals surface area contributed by atoms with E-state index in [0.717, 1.165) is 32.1 Å². The van der Waals surface area contributed by atoms with Crippen LogP contribution in [0.15, 0.2) is 24.3 Å². The Morgan fingerprint density at radius 2 is 0.870 bits per heavy atom. The van der Waals surface area contributed by atoms with Crippen LogP contribution in [0.25, 0.3) is 0 Å².